The first-order valence-corrected chi connectivity index (χ1v) is 5.24. The molecule has 0 spiro atoms. The van der Waals surface area contributed by atoms with Gasteiger partial charge in [-0.2, -0.15) is 0 Å². The third kappa shape index (κ3) is 4.95. The molecule has 0 heterocycles. The summed E-state index contributed by atoms with van der Waals surface area (Å²) in [5.41, 5.74) is 7.11. The Kier molecular flexibility index (Phi) is 5.47. The van der Waals surface area contributed by atoms with E-state index in [9.17, 15) is 4.79 Å². The number of aromatic hydroxyl groups is 1. The second-order valence-electron chi connectivity index (χ2n) is 3.40. The third-order valence-corrected chi connectivity index (χ3v) is 2.11. The van der Waals surface area contributed by atoms with Gasteiger partial charge in [-0.05, 0) is 29.8 Å². The van der Waals surface area contributed by atoms with E-state index < -0.39 is 0 Å². The number of aldehydes is 1. The highest BCUT2D eigenvalue weighted by Gasteiger charge is 1.87. The molecule has 0 aromatic heterocycles. The van der Waals surface area contributed by atoms with Crippen molar-refractivity contribution >= 4 is 6.29 Å². The predicted molar refractivity (Wildman–Crippen MR) is 67.8 cm³/mol. The van der Waals surface area contributed by atoms with Gasteiger partial charge in [0.2, 0.25) is 0 Å². The van der Waals surface area contributed by atoms with Gasteiger partial charge in [0.25, 0.3) is 0 Å². The van der Waals surface area contributed by atoms with Crippen LogP contribution in [-0.2, 0) is 6.54 Å². The fourth-order valence-electron chi connectivity index (χ4n) is 1.17. The molecular formula is C14H15NO2. The van der Waals surface area contributed by atoms with Gasteiger partial charge in [-0.3, -0.25) is 4.79 Å². The minimum Gasteiger partial charge on any atom is -0.508 e. The molecule has 3 nitrogen and oxygen atoms in total. The van der Waals surface area contributed by atoms with E-state index in [2.05, 4.69) is 0 Å². The largest absolute Gasteiger partial charge is 0.508 e. The SMILES string of the molecule is NCc1ccccc1.O=Cc1ccc(O)cc1. The van der Waals surface area contributed by atoms with Gasteiger partial charge in [0.1, 0.15) is 12.0 Å². The van der Waals surface area contributed by atoms with E-state index in [0.717, 1.165) is 6.29 Å². The first kappa shape index (κ1) is 12.9. The lowest BCUT2D eigenvalue weighted by molar-refractivity contribution is 0.112. The maximum atomic E-state index is 10.0. The van der Waals surface area contributed by atoms with Crippen molar-refractivity contribution in [3.8, 4) is 5.75 Å². The van der Waals surface area contributed by atoms with Crippen molar-refractivity contribution in [1.29, 1.82) is 0 Å². The van der Waals surface area contributed by atoms with Gasteiger partial charge in [0.15, 0.2) is 0 Å². The zero-order chi connectivity index (χ0) is 12.5. The van der Waals surface area contributed by atoms with Crippen LogP contribution in [0.2, 0.25) is 0 Å². The van der Waals surface area contributed by atoms with Crippen LogP contribution in [0.25, 0.3) is 0 Å². The van der Waals surface area contributed by atoms with E-state index in [-0.39, 0.29) is 5.75 Å². The van der Waals surface area contributed by atoms with Crippen LogP contribution >= 0.6 is 0 Å². The summed E-state index contributed by atoms with van der Waals surface area (Å²) in [6, 6.07) is 16.1. The first-order chi connectivity index (χ1) is 8.26. The van der Waals surface area contributed by atoms with Gasteiger partial charge in [-0.25, -0.2) is 0 Å². The summed E-state index contributed by atoms with van der Waals surface area (Å²) in [6.07, 6.45) is 0.736. The van der Waals surface area contributed by atoms with E-state index in [1.54, 1.807) is 12.1 Å². The van der Waals surface area contributed by atoms with Crippen LogP contribution in [0.4, 0.5) is 0 Å². The highest BCUT2D eigenvalue weighted by molar-refractivity contribution is 5.74. The Bertz CT molecular complexity index is 438. The Morgan fingerprint density at radius 3 is 2.00 bits per heavy atom. The molecule has 0 aliphatic carbocycles. The molecule has 0 bridgehead atoms. The molecule has 0 atom stereocenters. The van der Waals surface area contributed by atoms with Crippen molar-refractivity contribution in [2.24, 2.45) is 5.73 Å². The molecule has 0 saturated carbocycles. The van der Waals surface area contributed by atoms with Crippen LogP contribution in [0.3, 0.4) is 0 Å². The second-order valence-corrected chi connectivity index (χ2v) is 3.40. The molecule has 3 heteroatoms. The van der Waals surface area contributed by atoms with Crippen molar-refractivity contribution in [2.45, 2.75) is 6.54 Å². The van der Waals surface area contributed by atoms with Crippen LogP contribution in [0.5, 0.6) is 5.75 Å². The number of benzene rings is 2. The van der Waals surface area contributed by atoms with Crippen LogP contribution in [0.15, 0.2) is 54.6 Å². The van der Waals surface area contributed by atoms with E-state index in [1.165, 1.54) is 17.7 Å². The van der Waals surface area contributed by atoms with Gasteiger partial charge in [-0.15, -0.1) is 0 Å². The van der Waals surface area contributed by atoms with Crippen molar-refractivity contribution in [2.75, 3.05) is 0 Å². The van der Waals surface area contributed by atoms with Gasteiger partial charge in [0.05, 0.1) is 0 Å². The summed E-state index contributed by atoms with van der Waals surface area (Å²) < 4.78 is 0. The Morgan fingerprint density at radius 1 is 1.00 bits per heavy atom. The maximum Gasteiger partial charge on any atom is 0.150 e. The van der Waals surface area contributed by atoms with Crippen molar-refractivity contribution in [3.63, 3.8) is 0 Å². The third-order valence-electron chi connectivity index (χ3n) is 2.11. The lowest BCUT2D eigenvalue weighted by Crippen LogP contribution is -1.94. The average molecular weight is 229 g/mol. The lowest BCUT2D eigenvalue weighted by atomic mass is 10.2. The van der Waals surface area contributed by atoms with Crippen molar-refractivity contribution < 1.29 is 9.90 Å². The lowest BCUT2D eigenvalue weighted by Gasteiger charge is -1.90. The van der Waals surface area contributed by atoms with Gasteiger partial charge >= 0.3 is 0 Å². The summed E-state index contributed by atoms with van der Waals surface area (Å²) in [6.45, 7) is 0.640. The monoisotopic (exact) mass is 229 g/mol. The Morgan fingerprint density at radius 2 is 1.59 bits per heavy atom. The molecule has 17 heavy (non-hydrogen) atoms. The molecule has 0 aliphatic rings. The number of hydrogen-bond donors (Lipinski definition) is 2. The number of phenols is 1. The number of nitrogens with two attached hydrogens (primary N) is 1. The Hall–Kier alpha value is -2.13. The maximum absolute atomic E-state index is 10.0. The summed E-state index contributed by atoms with van der Waals surface area (Å²) in [5.74, 6) is 0.181. The molecular weight excluding hydrogens is 214 g/mol. The second kappa shape index (κ2) is 7.19. The van der Waals surface area contributed by atoms with Crippen LogP contribution in [0, 0.1) is 0 Å². The molecule has 0 radical (unpaired) electrons. The molecule has 88 valence electrons. The number of phenolic OH excluding ortho intramolecular Hbond substituents is 1. The molecule has 2 rings (SSSR count). The Labute approximate surface area is 101 Å². The molecule has 2 aromatic rings. The van der Waals surface area contributed by atoms with Gasteiger partial charge < -0.3 is 10.8 Å². The van der Waals surface area contributed by atoms with E-state index >= 15 is 0 Å². The average Bonchev–Trinajstić information content (AvgIpc) is 2.41. The Balaban J connectivity index is 0.000000171. The molecule has 3 N–H and O–H groups in total. The summed E-state index contributed by atoms with van der Waals surface area (Å²) >= 11 is 0. The summed E-state index contributed by atoms with van der Waals surface area (Å²) in [7, 11) is 0. The molecule has 0 unspecified atom stereocenters. The van der Waals surface area contributed by atoms with Crippen LogP contribution in [-0.4, -0.2) is 11.4 Å². The zero-order valence-corrected chi connectivity index (χ0v) is 9.41. The predicted octanol–water partition coefficient (Wildman–Crippen LogP) is 2.35. The highest BCUT2D eigenvalue weighted by Crippen LogP contribution is 2.07. The highest BCUT2D eigenvalue weighted by atomic mass is 16.3. The minimum absolute atomic E-state index is 0.181. The van der Waals surface area contributed by atoms with E-state index in [1.807, 2.05) is 30.3 Å². The fraction of sp³-hybridized carbons (Fsp3) is 0.0714. The summed E-state index contributed by atoms with van der Waals surface area (Å²) in [5, 5.41) is 8.74. The van der Waals surface area contributed by atoms with Crippen molar-refractivity contribution in [3.05, 3.63) is 65.7 Å². The van der Waals surface area contributed by atoms with Crippen LogP contribution in [0.1, 0.15) is 15.9 Å². The molecule has 2 aromatic carbocycles. The fourth-order valence-corrected chi connectivity index (χ4v) is 1.17. The minimum atomic E-state index is 0.181. The normalized spacial score (nSPS) is 9.00. The first-order valence-electron chi connectivity index (χ1n) is 5.24. The van der Waals surface area contributed by atoms with E-state index in [0.29, 0.717) is 12.1 Å². The molecule has 0 aliphatic heterocycles. The van der Waals surface area contributed by atoms with Gasteiger partial charge in [0, 0.05) is 12.1 Å². The van der Waals surface area contributed by atoms with Crippen molar-refractivity contribution in [1.82, 2.24) is 0 Å². The van der Waals surface area contributed by atoms with Gasteiger partial charge in [-0.1, -0.05) is 30.3 Å². The number of carbonyl (C=O) groups is 1. The number of hydrogen-bond acceptors (Lipinski definition) is 3. The summed E-state index contributed by atoms with van der Waals surface area (Å²) in [4.78, 5) is 10.0. The number of carbonyl (C=O) groups excluding carboxylic acids is 1. The topological polar surface area (TPSA) is 63.3 Å². The molecule has 0 fully saturated rings. The quantitative estimate of drug-likeness (QED) is 0.777. The number of rotatable bonds is 2. The standard InChI is InChI=1S/C7H9N.C7H6O2/c8-6-7-4-2-1-3-5-7;8-5-6-1-3-7(9)4-2-6/h1-5H,6,8H2;1-5,9H. The zero-order valence-electron chi connectivity index (χ0n) is 9.41. The molecule has 0 amide bonds. The van der Waals surface area contributed by atoms with E-state index in [4.69, 9.17) is 10.8 Å². The smallest absolute Gasteiger partial charge is 0.150 e. The van der Waals surface area contributed by atoms with Crippen LogP contribution < -0.4 is 5.73 Å². The molecule has 0 saturated heterocycles.